The van der Waals surface area contributed by atoms with Gasteiger partial charge in [0.2, 0.25) is 5.91 Å². The second-order valence-corrected chi connectivity index (χ2v) is 7.59. The van der Waals surface area contributed by atoms with Crippen LogP contribution in [0.1, 0.15) is 40.0 Å². The molecule has 2 saturated heterocycles. The van der Waals surface area contributed by atoms with Gasteiger partial charge in [0.05, 0.1) is 18.7 Å². The van der Waals surface area contributed by atoms with Crippen LogP contribution in [0.3, 0.4) is 0 Å². The van der Waals surface area contributed by atoms with Gasteiger partial charge in [-0.1, -0.05) is 13.8 Å². The second-order valence-electron chi connectivity index (χ2n) is 7.59. The van der Waals surface area contributed by atoms with Crippen LogP contribution in [0.4, 0.5) is 0 Å². The molecular weight excluding hydrogens is 304 g/mol. The van der Waals surface area contributed by atoms with Crippen molar-refractivity contribution in [3.05, 3.63) is 0 Å². The van der Waals surface area contributed by atoms with E-state index in [1.54, 1.807) is 0 Å². The maximum absolute atomic E-state index is 12.6. The van der Waals surface area contributed by atoms with E-state index in [9.17, 15) is 15.2 Å². The lowest BCUT2D eigenvalue weighted by atomic mass is 10.0. The normalized spacial score (nSPS) is 25.7. The van der Waals surface area contributed by atoms with E-state index in [0.29, 0.717) is 31.6 Å². The SMILES string of the molecule is CC(C)[C@@H](C#N)N1CCN(C(=O)CN2CCC[C@@H]2C[C@H](C)O)CC1. The van der Waals surface area contributed by atoms with Crippen molar-refractivity contribution in [1.82, 2.24) is 14.7 Å². The summed E-state index contributed by atoms with van der Waals surface area (Å²) < 4.78 is 0. The second kappa shape index (κ2) is 8.80. The number of carbonyl (C=O) groups excluding carboxylic acids is 1. The molecule has 136 valence electrons. The Morgan fingerprint density at radius 3 is 2.42 bits per heavy atom. The molecule has 1 N–H and O–H groups in total. The van der Waals surface area contributed by atoms with Crippen molar-refractivity contribution in [2.24, 2.45) is 5.92 Å². The fourth-order valence-corrected chi connectivity index (χ4v) is 3.94. The minimum Gasteiger partial charge on any atom is -0.393 e. The molecule has 0 radical (unpaired) electrons. The van der Waals surface area contributed by atoms with Gasteiger partial charge in [-0.25, -0.2) is 0 Å². The van der Waals surface area contributed by atoms with Crippen LogP contribution in [0.25, 0.3) is 0 Å². The lowest BCUT2D eigenvalue weighted by molar-refractivity contribution is -0.134. The Hall–Kier alpha value is -1.16. The van der Waals surface area contributed by atoms with E-state index in [-0.39, 0.29) is 18.1 Å². The van der Waals surface area contributed by atoms with Gasteiger partial charge in [-0.2, -0.15) is 5.26 Å². The fraction of sp³-hybridized carbons (Fsp3) is 0.889. The van der Waals surface area contributed by atoms with E-state index in [1.165, 1.54) is 0 Å². The van der Waals surface area contributed by atoms with Gasteiger partial charge in [-0.3, -0.25) is 14.6 Å². The third-order valence-corrected chi connectivity index (χ3v) is 5.27. The first-order valence-electron chi connectivity index (χ1n) is 9.26. The predicted octanol–water partition coefficient (Wildman–Crippen LogP) is 0.914. The molecule has 0 bridgehead atoms. The van der Waals surface area contributed by atoms with E-state index in [1.807, 2.05) is 11.8 Å². The molecule has 2 aliphatic heterocycles. The number of nitriles is 1. The first-order chi connectivity index (χ1) is 11.4. The number of hydrogen-bond donors (Lipinski definition) is 1. The lowest BCUT2D eigenvalue weighted by Gasteiger charge is -2.39. The highest BCUT2D eigenvalue weighted by Crippen LogP contribution is 2.21. The maximum Gasteiger partial charge on any atom is 0.236 e. The van der Waals surface area contributed by atoms with Crippen molar-refractivity contribution in [2.45, 2.75) is 58.2 Å². The number of carbonyl (C=O) groups is 1. The van der Waals surface area contributed by atoms with Gasteiger partial charge in [-0.05, 0) is 38.6 Å². The standard InChI is InChI=1S/C18H32N4O2/c1-14(2)17(12-19)20-7-9-21(10-8-20)18(24)13-22-6-4-5-16(22)11-15(3)23/h14-17,23H,4-11,13H2,1-3H3/t15-,16+,17+/m0/s1. The highest BCUT2D eigenvalue weighted by Gasteiger charge is 2.31. The van der Waals surface area contributed by atoms with Crippen molar-refractivity contribution in [3.63, 3.8) is 0 Å². The zero-order valence-electron chi connectivity index (χ0n) is 15.3. The summed E-state index contributed by atoms with van der Waals surface area (Å²) in [6, 6.07) is 2.66. The smallest absolute Gasteiger partial charge is 0.236 e. The van der Waals surface area contributed by atoms with Gasteiger partial charge >= 0.3 is 0 Å². The third-order valence-electron chi connectivity index (χ3n) is 5.27. The Morgan fingerprint density at radius 1 is 1.21 bits per heavy atom. The van der Waals surface area contributed by atoms with Crippen molar-refractivity contribution < 1.29 is 9.90 Å². The Morgan fingerprint density at radius 2 is 1.88 bits per heavy atom. The maximum atomic E-state index is 12.6. The molecule has 1 amide bonds. The summed E-state index contributed by atoms with van der Waals surface area (Å²) in [6.45, 7) is 10.3. The molecule has 2 heterocycles. The van der Waals surface area contributed by atoms with Gasteiger partial charge in [0, 0.05) is 32.2 Å². The zero-order chi connectivity index (χ0) is 17.7. The molecule has 6 heteroatoms. The van der Waals surface area contributed by atoms with Crippen LogP contribution in [0.15, 0.2) is 0 Å². The molecule has 6 nitrogen and oxygen atoms in total. The molecule has 0 aliphatic carbocycles. The molecule has 0 aromatic heterocycles. The number of amides is 1. The lowest BCUT2D eigenvalue weighted by Crippen LogP contribution is -2.54. The first-order valence-corrected chi connectivity index (χ1v) is 9.26. The van der Waals surface area contributed by atoms with Crippen LogP contribution < -0.4 is 0 Å². The van der Waals surface area contributed by atoms with E-state index in [2.05, 4.69) is 29.7 Å². The fourth-order valence-electron chi connectivity index (χ4n) is 3.94. The monoisotopic (exact) mass is 336 g/mol. The molecule has 2 fully saturated rings. The van der Waals surface area contributed by atoms with E-state index >= 15 is 0 Å². The average Bonchev–Trinajstić information content (AvgIpc) is 2.94. The summed E-state index contributed by atoms with van der Waals surface area (Å²) in [6.07, 6.45) is 2.62. The Bertz CT molecular complexity index is 452. The molecule has 0 unspecified atom stereocenters. The van der Waals surface area contributed by atoms with Crippen LogP contribution in [-0.2, 0) is 4.79 Å². The first kappa shape index (κ1) is 19.2. The number of piperazine rings is 1. The van der Waals surface area contributed by atoms with Gasteiger partial charge in [0.15, 0.2) is 0 Å². The number of likely N-dealkylation sites (tertiary alicyclic amines) is 1. The van der Waals surface area contributed by atoms with Gasteiger partial charge in [-0.15, -0.1) is 0 Å². The molecule has 3 atom stereocenters. The molecule has 2 aliphatic rings. The Kier molecular flexibility index (Phi) is 7.02. The quantitative estimate of drug-likeness (QED) is 0.781. The number of nitrogens with zero attached hydrogens (tertiary/aromatic N) is 4. The highest BCUT2D eigenvalue weighted by atomic mass is 16.3. The summed E-state index contributed by atoms with van der Waals surface area (Å²) in [5, 5.41) is 18.9. The number of hydrogen-bond acceptors (Lipinski definition) is 5. The van der Waals surface area contributed by atoms with Gasteiger partial charge < -0.3 is 10.0 Å². The predicted molar refractivity (Wildman–Crippen MR) is 93.3 cm³/mol. The van der Waals surface area contributed by atoms with Gasteiger partial charge in [0.1, 0.15) is 6.04 Å². The molecule has 24 heavy (non-hydrogen) atoms. The van der Waals surface area contributed by atoms with Crippen LogP contribution in [-0.4, -0.2) is 83.2 Å². The largest absolute Gasteiger partial charge is 0.393 e. The zero-order valence-corrected chi connectivity index (χ0v) is 15.3. The van der Waals surface area contributed by atoms with Crippen LogP contribution in [0, 0.1) is 17.2 Å². The third kappa shape index (κ3) is 4.92. The van der Waals surface area contributed by atoms with Crippen molar-refractivity contribution >= 4 is 5.91 Å². The molecule has 0 aromatic rings. The van der Waals surface area contributed by atoms with E-state index in [0.717, 1.165) is 38.9 Å². The molecule has 2 rings (SSSR count). The van der Waals surface area contributed by atoms with Crippen molar-refractivity contribution in [2.75, 3.05) is 39.3 Å². The summed E-state index contributed by atoms with van der Waals surface area (Å²) in [4.78, 5) is 19.0. The highest BCUT2D eigenvalue weighted by molar-refractivity contribution is 5.78. The average molecular weight is 336 g/mol. The van der Waals surface area contributed by atoms with Gasteiger partial charge in [0.25, 0.3) is 0 Å². The number of rotatable bonds is 6. The molecular formula is C18H32N4O2. The topological polar surface area (TPSA) is 70.8 Å². The summed E-state index contributed by atoms with van der Waals surface area (Å²) >= 11 is 0. The van der Waals surface area contributed by atoms with Crippen molar-refractivity contribution in [1.29, 1.82) is 5.26 Å². The summed E-state index contributed by atoms with van der Waals surface area (Å²) in [7, 11) is 0. The van der Waals surface area contributed by atoms with Crippen LogP contribution in [0.2, 0.25) is 0 Å². The Labute approximate surface area is 146 Å². The van der Waals surface area contributed by atoms with E-state index < -0.39 is 0 Å². The molecule has 0 spiro atoms. The Balaban J connectivity index is 1.81. The van der Waals surface area contributed by atoms with Crippen LogP contribution in [0.5, 0.6) is 0 Å². The number of aliphatic hydroxyl groups is 1. The molecule has 0 aromatic carbocycles. The minimum atomic E-state index is -0.312. The summed E-state index contributed by atoms with van der Waals surface area (Å²) in [5.41, 5.74) is 0. The molecule has 0 saturated carbocycles. The van der Waals surface area contributed by atoms with E-state index in [4.69, 9.17) is 0 Å². The van der Waals surface area contributed by atoms with Crippen molar-refractivity contribution in [3.8, 4) is 6.07 Å². The summed E-state index contributed by atoms with van der Waals surface area (Å²) in [5.74, 6) is 0.494. The van der Waals surface area contributed by atoms with Crippen LogP contribution >= 0.6 is 0 Å². The minimum absolute atomic E-state index is 0.0590. The number of aliphatic hydroxyl groups excluding tert-OH is 1.